The van der Waals surface area contributed by atoms with E-state index in [-0.39, 0.29) is 5.39 Å². The van der Waals surface area contributed by atoms with Crippen molar-refractivity contribution in [3.05, 3.63) is 65.9 Å². The van der Waals surface area contributed by atoms with Crippen LogP contribution in [0.25, 0.3) is 10.8 Å². The number of aromatic nitrogens is 1. The van der Waals surface area contributed by atoms with Crippen molar-refractivity contribution in [2.45, 2.75) is 18.5 Å². The summed E-state index contributed by atoms with van der Waals surface area (Å²) in [5.74, 6) is -0.579. The molecule has 0 saturated carbocycles. The van der Waals surface area contributed by atoms with Crippen molar-refractivity contribution in [1.29, 1.82) is 0 Å². The highest BCUT2D eigenvalue weighted by Gasteiger charge is 2.49. The normalized spacial score (nSPS) is 14.3. The van der Waals surface area contributed by atoms with E-state index < -0.39 is 21.5 Å². The molecule has 0 atom stereocenters. The molecule has 0 amide bonds. The van der Waals surface area contributed by atoms with Crippen LogP contribution in [0.5, 0.6) is 5.88 Å². The molecular formula is C19H15F3N2O3S. The molecule has 0 bridgehead atoms. The van der Waals surface area contributed by atoms with E-state index >= 15 is 0 Å². The first kappa shape index (κ1) is 18.5. The van der Waals surface area contributed by atoms with Gasteiger partial charge < -0.3 is 9.08 Å². The van der Waals surface area contributed by atoms with Gasteiger partial charge in [0.2, 0.25) is 5.88 Å². The van der Waals surface area contributed by atoms with E-state index in [1.807, 2.05) is 36.4 Å². The van der Waals surface area contributed by atoms with Crippen LogP contribution in [-0.2, 0) is 23.1 Å². The first-order valence-corrected chi connectivity index (χ1v) is 9.87. The topological polar surface area (TPSA) is 59.5 Å². The zero-order valence-corrected chi connectivity index (χ0v) is 15.3. The van der Waals surface area contributed by atoms with E-state index in [1.54, 1.807) is 12.1 Å². The summed E-state index contributed by atoms with van der Waals surface area (Å²) in [5, 5.41) is 0.789. The number of hydrogen-bond acceptors (Lipinski definition) is 5. The quantitative estimate of drug-likeness (QED) is 0.482. The van der Waals surface area contributed by atoms with Crippen LogP contribution in [0.4, 0.5) is 18.9 Å². The third-order valence-electron chi connectivity index (χ3n) is 4.61. The minimum atomic E-state index is -5.79. The molecule has 5 nitrogen and oxygen atoms in total. The number of rotatable bonds is 4. The summed E-state index contributed by atoms with van der Waals surface area (Å²) in [6.45, 7) is 1.39. The Morgan fingerprint density at radius 1 is 1.11 bits per heavy atom. The van der Waals surface area contributed by atoms with Crippen LogP contribution < -0.4 is 9.08 Å². The number of anilines is 1. The molecule has 3 aromatic rings. The third kappa shape index (κ3) is 3.37. The fourth-order valence-corrected chi connectivity index (χ4v) is 3.72. The number of alkyl halides is 3. The first-order chi connectivity index (χ1) is 13.2. The minimum absolute atomic E-state index is 0.217. The second-order valence-electron chi connectivity index (χ2n) is 6.46. The molecule has 146 valence electrons. The fourth-order valence-electron chi connectivity index (χ4n) is 3.29. The van der Waals surface area contributed by atoms with Crippen LogP contribution in [0.2, 0.25) is 0 Å². The number of benzene rings is 2. The zero-order valence-electron chi connectivity index (χ0n) is 14.5. The Bertz CT molecular complexity index is 1130. The van der Waals surface area contributed by atoms with Gasteiger partial charge in [-0.25, -0.2) is 4.98 Å². The molecule has 2 heterocycles. The number of fused-ring (bicyclic) bond motifs is 2. The Kier molecular flexibility index (Phi) is 4.41. The lowest BCUT2D eigenvalue weighted by Gasteiger charge is -2.20. The number of pyridine rings is 1. The molecule has 0 fully saturated rings. The van der Waals surface area contributed by atoms with Gasteiger partial charge in [-0.1, -0.05) is 30.3 Å². The molecule has 0 radical (unpaired) electrons. The summed E-state index contributed by atoms with van der Waals surface area (Å²) >= 11 is 0. The van der Waals surface area contributed by atoms with Gasteiger partial charge in [-0.05, 0) is 41.1 Å². The minimum Gasteiger partial charge on any atom is -0.367 e. The maximum atomic E-state index is 12.7. The van der Waals surface area contributed by atoms with Crippen LogP contribution in [0, 0.1) is 0 Å². The van der Waals surface area contributed by atoms with Gasteiger partial charge in [0.1, 0.15) is 0 Å². The number of halogens is 3. The van der Waals surface area contributed by atoms with Crippen molar-refractivity contribution in [2.24, 2.45) is 0 Å². The van der Waals surface area contributed by atoms with Crippen molar-refractivity contribution in [2.75, 3.05) is 11.4 Å². The van der Waals surface area contributed by atoms with E-state index in [4.69, 9.17) is 0 Å². The van der Waals surface area contributed by atoms with Gasteiger partial charge >= 0.3 is 15.6 Å². The molecule has 1 aliphatic rings. The Balaban J connectivity index is 1.74. The smallest absolute Gasteiger partial charge is 0.367 e. The molecule has 0 aliphatic carbocycles. The fraction of sp³-hybridized carbons (Fsp3) is 0.211. The summed E-state index contributed by atoms with van der Waals surface area (Å²) in [6.07, 6.45) is 2.02. The van der Waals surface area contributed by atoms with Gasteiger partial charge in [0.25, 0.3) is 0 Å². The largest absolute Gasteiger partial charge is 0.534 e. The van der Waals surface area contributed by atoms with E-state index in [2.05, 4.69) is 14.1 Å². The molecule has 2 aromatic carbocycles. The zero-order chi connectivity index (χ0) is 19.9. The van der Waals surface area contributed by atoms with Gasteiger partial charge in [-0.3, -0.25) is 0 Å². The highest BCUT2D eigenvalue weighted by atomic mass is 32.2. The molecule has 0 spiro atoms. The Labute approximate surface area is 159 Å². The Morgan fingerprint density at radius 3 is 2.57 bits per heavy atom. The third-order valence-corrected chi connectivity index (χ3v) is 5.55. The van der Waals surface area contributed by atoms with E-state index in [1.165, 1.54) is 6.20 Å². The van der Waals surface area contributed by atoms with E-state index in [9.17, 15) is 21.6 Å². The van der Waals surface area contributed by atoms with Crippen molar-refractivity contribution in [3.63, 3.8) is 0 Å². The lowest BCUT2D eigenvalue weighted by atomic mass is 10.1. The molecular weight excluding hydrogens is 393 g/mol. The van der Waals surface area contributed by atoms with E-state index in [0.29, 0.717) is 11.9 Å². The average molecular weight is 408 g/mol. The van der Waals surface area contributed by atoms with Gasteiger partial charge in [0.05, 0.1) is 0 Å². The van der Waals surface area contributed by atoms with Crippen LogP contribution >= 0.6 is 0 Å². The molecule has 0 saturated heterocycles. The molecule has 28 heavy (non-hydrogen) atoms. The Hall–Kier alpha value is -2.81. The van der Waals surface area contributed by atoms with Gasteiger partial charge in [0.15, 0.2) is 0 Å². The van der Waals surface area contributed by atoms with Crippen molar-refractivity contribution in [1.82, 2.24) is 4.98 Å². The molecule has 1 aliphatic heterocycles. The number of hydrogen-bond donors (Lipinski definition) is 0. The average Bonchev–Trinajstić information content (AvgIpc) is 3.02. The molecule has 1 aromatic heterocycles. The van der Waals surface area contributed by atoms with Crippen molar-refractivity contribution in [3.8, 4) is 5.88 Å². The number of nitrogens with zero attached hydrogens (tertiary/aromatic N) is 2. The summed E-state index contributed by atoms with van der Waals surface area (Å²) in [4.78, 5) is 5.82. The summed E-state index contributed by atoms with van der Waals surface area (Å²) < 4.78 is 65.2. The van der Waals surface area contributed by atoms with Gasteiger partial charge in [-0.2, -0.15) is 21.6 Å². The second-order valence-corrected chi connectivity index (χ2v) is 8.00. The van der Waals surface area contributed by atoms with Gasteiger partial charge in [-0.15, -0.1) is 0 Å². The lowest BCUT2D eigenvalue weighted by molar-refractivity contribution is -0.0500. The molecule has 0 unspecified atom stereocenters. The molecule has 9 heteroatoms. The SMILES string of the molecule is O=S(=O)(Oc1nccc2cc3c(cc12)N(Cc1ccccc1)CC3)C(F)(F)F. The summed E-state index contributed by atoms with van der Waals surface area (Å²) in [5.41, 5.74) is -2.55. The highest BCUT2D eigenvalue weighted by Crippen LogP contribution is 2.37. The predicted molar refractivity (Wildman–Crippen MR) is 98.5 cm³/mol. The van der Waals surface area contributed by atoms with Crippen LogP contribution in [0.15, 0.2) is 54.7 Å². The highest BCUT2D eigenvalue weighted by molar-refractivity contribution is 7.88. The lowest BCUT2D eigenvalue weighted by Crippen LogP contribution is -2.28. The van der Waals surface area contributed by atoms with Crippen LogP contribution in [0.1, 0.15) is 11.1 Å². The van der Waals surface area contributed by atoms with Crippen molar-refractivity contribution >= 4 is 26.6 Å². The first-order valence-electron chi connectivity index (χ1n) is 8.46. The van der Waals surface area contributed by atoms with E-state index in [0.717, 1.165) is 29.8 Å². The monoisotopic (exact) mass is 408 g/mol. The molecule has 4 rings (SSSR count). The Morgan fingerprint density at radius 2 is 1.86 bits per heavy atom. The maximum Gasteiger partial charge on any atom is 0.534 e. The van der Waals surface area contributed by atoms with Crippen molar-refractivity contribution < 1.29 is 25.8 Å². The summed E-state index contributed by atoms with van der Waals surface area (Å²) in [7, 11) is -5.79. The van der Waals surface area contributed by atoms with Crippen LogP contribution in [-0.4, -0.2) is 25.5 Å². The standard InChI is InChI=1S/C19H15F3N2O3S/c20-19(21,22)28(25,26)27-18-16-11-17-15(10-14(16)6-8-23-18)7-9-24(17)12-13-4-2-1-3-5-13/h1-6,8,10-11H,7,9,12H2. The van der Waals surface area contributed by atoms with Gasteiger partial charge in [0, 0.05) is 30.4 Å². The second kappa shape index (κ2) is 6.66. The predicted octanol–water partition coefficient (Wildman–Crippen LogP) is 4.03. The molecule has 0 N–H and O–H groups in total. The van der Waals surface area contributed by atoms with Crippen LogP contribution in [0.3, 0.4) is 0 Å². The summed E-state index contributed by atoms with van der Waals surface area (Å²) in [6, 6.07) is 14.9. The maximum absolute atomic E-state index is 12.7.